The quantitative estimate of drug-likeness (QED) is 0.747. The van der Waals surface area contributed by atoms with Crippen molar-refractivity contribution in [3.63, 3.8) is 0 Å². The highest BCUT2D eigenvalue weighted by atomic mass is 32.1. The first-order valence-electron chi connectivity index (χ1n) is 6.21. The highest BCUT2D eigenvalue weighted by Crippen LogP contribution is 2.37. The third-order valence-electron chi connectivity index (χ3n) is 4.07. The Kier molecular flexibility index (Phi) is 3.47. The molecule has 0 radical (unpaired) electrons. The maximum Gasteiger partial charge on any atom is 0.232 e. The Balaban J connectivity index is 2.07. The SMILES string of the molecule is CC(C(=O)N1CCCC2CCCC21)C(N)=S. The molecule has 1 amide bonds. The number of thiocarbonyl (C=S) groups is 1. The molecule has 3 nitrogen and oxygen atoms in total. The molecule has 1 aliphatic heterocycles. The minimum atomic E-state index is -0.297. The van der Waals surface area contributed by atoms with Gasteiger partial charge in [0.2, 0.25) is 5.91 Å². The van der Waals surface area contributed by atoms with E-state index in [9.17, 15) is 4.79 Å². The van der Waals surface area contributed by atoms with Gasteiger partial charge in [-0.15, -0.1) is 0 Å². The predicted octanol–water partition coefficient (Wildman–Crippen LogP) is 1.70. The van der Waals surface area contributed by atoms with Crippen molar-refractivity contribution in [3.05, 3.63) is 0 Å². The van der Waals surface area contributed by atoms with Crippen LogP contribution >= 0.6 is 12.2 Å². The number of rotatable bonds is 2. The molecule has 3 atom stereocenters. The molecule has 2 aliphatic rings. The largest absolute Gasteiger partial charge is 0.393 e. The second-order valence-electron chi connectivity index (χ2n) is 5.06. The maximum atomic E-state index is 12.2. The lowest BCUT2D eigenvalue weighted by Crippen LogP contribution is -2.49. The zero-order valence-electron chi connectivity index (χ0n) is 9.82. The number of nitrogens with zero attached hydrogens (tertiary/aromatic N) is 1. The minimum Gasteiger partial charge on any atom is -0.393 e. The van der Waals surface area contributed by atoms with Crippen LogP contribution in [-0.4, -0.2) is 28.4 Å². The molecule has 0 bridgehead atoms. The number of piperidine rings is 1. The summed E-state index contributed by atoms with van der Waals surface area (Å²) < 4.78 is 0. The third-order valence-corrected chi connectivity index (χ3v) is 4.43. The first kappa shape index (κ1) is 11.8. The van der Waals surface area contributed by atoms with E-state index in [1.165, 1.54) is 25.7 Å². The van der Waals surface area contributed by atoms with Gasteiger partial charge in [-0.3, -0.25) is 4.79 Å². The molecule has 0 aromatic carbocycles. The number of carbonyl (C=O) groups excluding carboxylic acids is 1. The fraction of sp³-hybridized carbons (Fsp3) is 0.833. The number of hydrogen-bond donors (Lipinski definition) is 1. The Morgan fingerprint density at radius 3 is 2.75 bits per heavy atom. The molecule has 0 spiro atoms. The van der Waals surface area contributed by atoms with E-state index in [0.29, 0.717) is 11.0 Å². The average molecular weight is 240 g/mol. The van der Waals surface area contributed by atoms with Gasteiger partial charge in [-0.1, -0.05) is 18.6 Å². The van der Waals surface area contributed by atoms with Gasteiger partial charge >= 0.3 is 0 Å². The van der Waals surface area contributed by atoms with Crippen molar-refractivity contribution in [1.29, 1.82) is 0 Å². The predicted molar refractivity (Wildman–Crippen MR) is 68.0 cm³/mol. The summed E-state index contributed by atoms with van der Waals surface area (Å²) in [7, 11) is 0. The zero-order valence-corrected chi connectivity index (χ0v) is 10.6. The lowest BCUT2D eigenvalue weighted by atomic mass is 9.91. The summed E-state index contributed by atoms with van der Waals surface area (Å²) in [4.78, 5) is 14.6. The van der Waals surface area contributed by atoms with Gasteiger partial charge in [0.05, 0.1) is 10.9 Å². The van der Waals surface area contributed by atoms with Crippen LogP contribution in [-0.2, 0) is 4.79 Å². The van der Waals surface area contributed by atoms with E-state index in [1.807, 2.05) is 11.8 Å². The molecule has 3 unspecified atom stereocenters. The van der Waals surface area contributed by atoms with Crippen LogP contribution in [0.25, 0.3) is 0 Å². The molecule has 2 fully saturated rings. The van der Waals surface area contributed by atoms with Crippen molar-refractivity contribution in [2.24, 2.45) is 17.6 Å². The molecule has 1 aliphatic carbocycles. The Labute approximate surface area is 102 Å². The maximum absolute atomic E-state index is 12.2. The number of amides is 1. The van der Waals surface area contributed by atoms with Crippen molar-refractivity contribution >= 4 is 23.1 Å². The van der Waals surface area contributed by atoms with Crippen LogP contribution < -0.4 is 5.73 Å². The summed E-state index contributed by atoms with van der Waals surface area (Å²) in [5.74, 6) is 0.578. The molecule has 2 rings (SSSR count). The van der Waals surface area contributed by atoms with E-state index in [0.717, 1.165) is 18.9 Å². The molecular weight excluding hydrogens is 220 g/mol. The molecule has 1 saturated heterocycles. The van der Waals surface area contributed by atoms with E-state index in [2.05, 4.69) is 0 Å². The van der Waals surface area contributed by atoms with Gasteiger partial charge in [0.15, 0.2) is 0 Å². The summed E-state index contributed by atoms with van der Waals surface area (Å²) in [5.41, 5.74) is 5.56. The van der Waals surface area contributed by atoms with Gasteiger partial charge < -0.3 is 10.6 Å². The van der Waals surface area contributed by atoms with E-state index < -0.39 is 0 Å². The number of carbonyl (C=O) groups is 1. The molecule has 4 heteroatoms. The lowest BCUT2D eigenvalue weighted by molar-refractivity contribution is -0.137. The summed E-state index contributed by atoms with van der Waals surface area (Å²) in [6.45, 7) is 2.72. The number of nitrogens with two attached hydrogens (primary N) is 1. The molecule has 1 saturated carbocycles. The second-order valence-corrected chi connectivity index (χ2v) is 5.53. The van der Waals surface area contributed by atoms with Crippen LogP contribution in [0.3, 0.4) is 0 Å². The molecule has 0 aromatic heterocycles. The molecule has 1 heterocycles. The summed E-state index contributed by atoms with van der Waals surface area (Å²) in [5, 5.41) is 0. The third kappa shape index (κ3) is 2.08. The van der Waals surface area contributed by atoms with Crippen molar-refractivity contribution in [3.8, 4) is 0 Å². The highest BCUT2D eigenvalue weighted by molar-refractivity contribution is 7.80. The van der Waals surface area contributed by atoms with Crippen molar-refractivity contribution < 1.29 is 4.79 Å². The van der Waals surface area contributed by atoms with E-state index in [4.69, 9.17) is 18.0 Å². The molecule has 0 aromatic rings. The zero-order chi connectivity index (χ0) is 11.7. The first-order valence-corrected chi connectivity index (χ1v) is 6.62. The second kappa shape index (κ2) is 4.70. The van der Waals surface area contributed by atoms with Crippen molar-refractivity contribution in [2.45, 2.75) is 45.1 Å². The summed E-state index contributed by atoms with van der Waals surface area (Å²) in [6.07, 6.45) is 6.14. The molecule has 90 valence electrons. The molecule has 2 N–H and O–H groups in total. The van der Waals surface area contributed by atoms with E-state index in [-0.39, 0.29) is 11.8 Å². The Morgan fingerprint density at radius 2 is 2.06 bits per heavy atom. The van der Waals surface area contributed by atoms with Crippen molar-refractivity contribution in [2.75, 3.05) is 6.54 Å². The monoisotopic (exact) mass is 240 g/mol. The van der Waals surface area contributed by atoms with E-state index in [1.54, 1.807) is 0 Å². The fourth-order valence-corrected chi connectivity index (χ4v) is 3.20. The minimum absolute atomic E-state index is 0.143. The van der Waals surface area contributed by atoms with Crippen LogP contribution in [0.5, 0.6) is 0 Å². The van der Waals surface area contributed by atoms with Crippen molar-refractivity contribution in [1.82, 2.24) is 4.90 Å². The topological polar surface area (TPSA) is 46.3 Å². The van der Waals surface area contributed by atoms with Gasteiger partial charge in [0.1, 0.15) is 0 Å². The Hall–Kier alpha value is -0.640. The fourth-order valence-electron chi connectivity index (χ4n) is 3.10. The van der Waals surface area contributed by atoms with Gasteiger partial charge in [-0.25, -0.2) is 0 Å². The molecular formula is C12H20N2OS. The number of hydrogen-bond acceptors (Lipinski definition) is 2. The van der Waals surface area contributed by atoms with Gasteiger partial charge in [0.25, 0.3) is 0 Å². The highest BCUT2D eigenvalue weighted by Gasteiger charge is 2.38. The van der Waals surface area contributed by atoms with Crippen LogP contribution in [0.2, 0.25) is 0 Å². The van der Waals surface area contributed by atoms with E-state index >= 15 is 0 Å². The first-order chi connectivity index (χ1) is 7.61. The summed E-state index contributed by atoms with van der Waals surface area (Å²) in [6, 6.07) is 0.470. The van der Waals surface area contributed by atoms with Crippen LogP contribution in [0.1, 0.15) is 39.0 Å². The number of fused-ring (bicyclic) bond motifs is 1. The average Bonchev–Trinajstić information content (AvgIpc) is 2.74. The normalized spacial score (nSPS) is 30.9. The Morgan fingerprint density at radius 1 is 1.38 bits per heavy atom. The van der Waals surface area contributed by atoms with Crippen LogP contribution in [0, 0.1) is 11.8 Å². The van der Waals surface area contributed by atoms with Gasteiger partial charge in [0, 0.05) is 12.6 Å². The van der Waals surface area contributed by atoms with Gasteiger partial charge in [-0.2, -0.15) is 0 Å². The van der Waals surface area contributed by atoms with Crippen LogP contribution in [0.4, 0.5) is 0 Å². The van der Waals surface area contributed by atoms with Crippen LogP contribution in [0.15, 0.2) is 0 Å². The summed E-state index contributed by atoms with van der Waals surface area (Å²) >= 11 is 4.91. The smallest absolute Gasteiger partial charge is 0.232 e. The lowest BCUT2D eigenvalue weighted by Gasteiger charge is -2.39. The standard InChI is InChI=1S/C12H20N2OS/c1-8(11(13)16)12(15)14-7-3-5-9-4-2-6-10(9)14/h8-10H,2-7H2,1H3,(H2,13,16). The van der Waals surface area contributed by atoms with Gasteiger partial charge in [-0.05, 0) is 38.5 Å². The Bertz CT molecular complexity index is 305. The number of likely N-dealkylation sites (tertiary alicyclic amines) is 1. The molecule has 16 heavy (non-hydrogen) atoms.